The highest BCUT2D eigenvalue weighted by Crippen LogP contribution is 2.26. The minimum atomic E-state index is -0.126. The SMILES string of the molecule is CCN1C=C(C)OC1(C)C. The molecular formula is C8H15NO. The molecule has 0 atom stereocenters. The predicted molar refractivity (Wildman–Crippen MR) is 41.3 cm³/mol. The first kappa shape index (κ1) is 7.45. The van der Waals surface area contributed by atoms with E-state index in [4.69, 9.17) is 4.74 Å². The fourth-order valence-electron chi connectivity index (χ4n) is 1.33. The molecule has 0 aromatic carbocycles. The highest BCUT2D eigenvalue weighted by atomic mass is 16.5. The Kier molecular flexibility index (Phi) is 1.63. The summed E-state index contributed by atoms with van der Waals surface area (Å²) in [5, 5.41) is 0. The van der Waals surface area contributed by atoms with Crippen LogP contribution in [0.3, 0.4) is 0 Å². The molecule has 0 spiro atoms. The molecule has 1 aliphatic heterocycles. The normalized spacial score (nSPS) is 22.4. The van der Waals surface area contributed by atoms with Gasteiger partial charge in [-0.1, -0.05) is 0 Å². The second kappa shape index (κ2) is 2.19. The second-order valence-corrected chi connectivity index (χ2v) is 3.07. The van der Waals surface area contributed by atoms with E-state index in [1.165, 1.54) is 0 Å². The van der Waals surface area contributed by atoms with Gasteiger partial charge < -0.3 is 9.64 Å². The van der Waals surface area contributed by atoms with Crippen LogP contribution in [0.5, 0.6) is 0 Å². The lowest BCUT2D eigenvalue weighted by atomic mass is 10.3. The standard InChI is InChI=1S/C8H15NO/c1-5-9-6-7(2)10-8(9,3)4/h6H,5H2,1-4H3. The third-order valence-corrected chi connectivity index (χ3v) is 1.78. The predicted octanol–water partition coefficient (Wildman–Crippen LogP) is 1.94. The summed E-state index contributed by atoms with van der Waals surface area (Å²) in [6.07, 6.45) is 2.06. The molecule has 0 fully saturated rings. The van der Waals surface area contributed by atoms with Crippen molar-refractivity contribution in [2.24, 2.45) is 0 Å². The van der Waals surface area contributed by atoms with Gasteiger partial charge in [0.05, 0.1) is 0 Å². The fourth-order valence-corrected chi connectivity index (χ4v) is 1.33. The first-order valence-corrected chi connectivity index (χ1v) is 3.70. The largest absolute Gasteiger partial charge is 0.472 e. The number of hydrogen-bond acceptors (Lipinski definition) is 2. The van der Waals surface area contributed by atoms with E-state index in [-0.39, 0.29) is 5.72 Å². The van der Waals surface area contributed by atoms with Gasteiger partial charge in [0.15, 0.2) is 5.72 Å². The van der Waals surface area contributed by atoms with Crippen LogP contribution in [0.2, 0.25) is 0 Å². The third kappa shape index (κ3) is 1.11. The Hall–Kier alpha value is -0.660. The van der Waals surface area contributed by atoms with Crippen LogP contribution in [-0.2, 0) is 4.74 Å². The molecule has 0 aromatic rings. The molecule has 58 valence electrons. The van der Waals surface area contributed by atoms with Gasteiger partial charge in [-0.05, 0) is 27.7 Å². The van der Waals surface area contributed by atoms with Gasteiger partial charge in [0, 0.05) is 12.7 Å². The van der Waals surface area contributed by atoms with E-state index in [1.54, 1.807) is 0 Å². The summed E-state index contributed by atoms with van der Waals surface area (Å²) in [5.74, 6) is 1.01. The molecule has 0 unspecified atom stereocenters. The van der Waals surface area contributed by atoms with Crippen LogP contribution in [0.1, 0.15) is 27.7 Å². The van der Waals surface area contributed by atoms with Gasteiger partial charge >= 0.3 is 0 Å². The zero-order valence-corrected chi connectivity index (χ0v) is 7.14. The van der Waals surface area contributed by atoms with Gasteiger partial charge in [-0.2, -0.15) is 0 Å². The number of rotatable bonds is 1. The van der Waals surface area contributed by atoms with E-state index in [0.717, 1.165) is 12.3 Å². The summed E-state index contributed by atoms with van der Waals surface area (Å²) in [6.45, 7) is 9.26. The quantitative estimate of drug-likeness (QED) is 0.553. The third-order valence-electron chi connectivity index (χ3n) is 1.78. The van der Waals surface area contributed by atoms with Crippen LogP contribution < -0.4 is 0 Å². The number of allylic oxidation sites excluding steroid dienone is 1. The molecule has 10 heavy (non-hydrogen) atoms. The number of nitrogens with zero attached hydrogens (tertiary/aromatic N) is 1. The molecule has 2 heteroatoms. The monoisotopic (exact) mass is 141 g/mol. The molecule has 0 saturated heterocycles. The average molecular weight is 141 g/mol. The molecule has 1 heterocycles. The van der Waals surface area contributed by atoms with Crippen LogP contribution >= 0.6 is 0 Å². The molecule has 0 aromatic heterocycles. The van der Waals surface area contributed by atoms with Crippen molar-refractivity contribution in [1.82, 2.24) is 4.90 Å². The highest BCUT2D eigenvalue weighted by Gasteiger charge is 2.30. The van der Waals surface area contributed by atoms with Crippen molar-refractivity contribution in [3.8, 4) is 0 Å². The maximum atomic E-state index is 5.54. The van der Waals surface area contributed by atoms with Crippen molar-refractivity contribution in [2.45, 2.75) is 33.4 Å². The van der Waals surface area contributed by atoms with E-state index in [1.807, 2.05) is 6.92 Å². The van der Waals surface area contributed by atoms with E-state index in [0.29, 0.717) is 0 Å². The lowest BCUT2D eigenvalue weighted by Crippen LogP contribution is -2.37. The van der Waals surface area contributed by atoms with Crippen molar-refractivity contribution >= 4 is 0 Å². The topological polar surface area (TPSA) is 12.5 Å². The molecule has 0 bridgehead atoms. The van der Waals surface area contributed by atoms with E-state index in [9.17, 15) is 0 Å². The number of hydrogen-bond donors (Lipinski definition) is 0. The smallest absolute Gasteiger partial charge is 0.176 e. The van der Waals surface area contributed by atoms with Crippen molar-refractivity contribution < 1.29 is 4.74 Å². The molecule has 0 aliphatic carbocycles. The van der Waals surface area contributed by atoms with Crippen LogP contribution in [0.15, 0.2) is 12.0 Å². The van der Waals surface area contributed by atoms with Gasteiger partial charge in [0.1, 0.15) is 5.76 Å². The Labute approximate surface area is 62.5 Å². The van der Waals surface area contributed by atoms with Crippen molar-refractivity contribution in [3.05, 3.63) is 12.0 Å². The summed E-state index contributed by atoms with van der Waals surface area (Å²) >= 11 is 0. The first-order valence-electron chi connectivity index (χ1n) is 3.70. The molecular weight excluding hydrogens is 126 g/mol. The van der Waals surface area contributed by atoms with Crippen LogP contribution in [-0.4, -0.2) is 17.2 Å². The summed E-state index contributed by atoms with van der Waals surface area (Å²) in [7, 11) is 0. The van der Waals surface area contributed by atoms with Gasteiger partial charge in [-0.25, -0.2) is 0 Å². The molecule has 0 radical (unpaired) electrons. The molecule has 1 rings (SSSR count). The lowest BCUT2D eigenvalue weighted by Gasteiger charge is -2.30. The maximum absolute atomic E-state index is 5.54. The van der Waals surface area contributed by atoms with E-state index >= 15 is 0 Å². The molecule has 2 nitrogen and oxygen atoms in total. The summed E-state index contributed by atoms with van der Waals surface area (Å²) in [5.41, 5.74) is -0.126. The lowest BCUT2D eigenvalue weighted by molar-refractivity contribution is -0.0383. The van der Waals surface area contributed by atoms with Gasteiger partial charge in [0.25, 0.3) is 0 Å². The minimum absolute atomic E-state index is 0.126. The van der Waals surface area contributed by atoms with Crippen LogP contribution in [0.4, 0.5) is 0 Å². The van der Waals surface area contributed by atoms with E-state index in [2.05, 4.69) is 31.9 Å². The van der Waals surface area contributed by atoms with Crippen molar-refractivity contribution in [3.63, 3.8) is 0 Å². The highest BCUT2D eigenvalue weighted by molar-refractivity contribution is 5.00. The Balaban J connectivity index is 2.70. The second-order valence-electron chi connectivity index (χ2n) is 3.07. The minimum Gasteiger partial charge on any atom is -0.472 e. The van der Waals surface area contributed by atoms with Gasteiger partial charge in [-0.15, -0.1) is 0 Å². The summed E-state index contributed by atoms with van der Waals surface area (Å²) in [6, 6.07) is 0. The Morgan fingerprint density at radius 2 is 2.20 bits per heavy atom. The van der Waals surface area contributed by atoms with Gasteiger partial charge in [-0.3, -0.25) is 0 Å². The first-order chi connectivity index (χ1) is 4.56. The Morgan fingerprint density at radius 3 is 2.40 bits per heavy atom. The summed E-state index contributed by atoms with van der Waals surface area (Å²) < 4.78 is 5.54. The number of ether oxygens (including phenoxy) is 1. The average Bonchev–Trinajstić information content (AvgIpc) is 2.04. The molecule has 0 saturated carbocycles. The maximum Gasteiger partial charge on any atom is 0.176 e. The molecule has 1 aliphatic rings. The van der Waals surface area contributed by atoms with Crippen molar-refractivity contribution in [1.29, 1.82) is 0 Å². The molecule has 0 amide bonds. The zero-order valence-electron chi connectivity index (χ0n) is 7.14. The van der Waals surface area contributed by atoms with Crippen LogP contribution in [0.25, 0.3) is 0 Å². The van der Waals surface area contributed by atoms with Crippen LogP contribution in [0, 0.1) is 0 Å². The fraction of sp³-hybridized carbons (Fsp3) is 0.750. The summed E-state index contributed by atoms with van der Waals surface area (Å²) in [4.78, 5) is 2.18. The Morgan fingerprint density at radius 1 is 1.60 bits per heavy atom. The van der Waals surface area contributed by atoms with Crippen molar-refractivity contribution in [2.75, 3.05) is 6.54 Å². The molecule has 0 N–H and O–H groups in total. The Bertz CT molecular complexity index is 161. The van der Waals surface area contributed by atoms with Gasteiger partial charge in [0.2, 0.25) is 0 Å². The van der Waals surface area contributed by atoms with E-state index < -0.39 is 0 Å². The zero-order chi connectivity index (χ0) is 7.78.